The van der Waals surface area contributed by atoms with Crippen molar-refractivity contribution in [3.05, 3.63) is 16.5 Å². The standard InChI is InChI=1S/C17H22FN3O2.C2H6/c1-9(2)21-13-7-11-6-12(11)14(18)15(13)19-16(21)10-4-5-20(8-10)17(22)23-3;1-2/h7,9-12H,4-6,8H2,1-3H3;1-2H3/t10-,11?,12?;/m0./s1. The molecule has 2 fully saturated rings. The number of hydrogen-bond acceptors (Lipinski definition) is 3. The van der Waals surface area contributed by atoms with Crippen LogP contribution in [0.4, 0.5) is 9.18 Å². The monoisotopic (exact) mass is 349 g/mol. The Labute approximate surface area is 148 Å². The molecule has 0 aromatic carbocycles. The summed E-state index contributed by atoms with van der Waals surface area (Å²) in [5.74, 6) is 1.40. The number of hydrogen-bond donors (Lipinski definition) is 0. The fourth-order valence-corrected chi connectivity index (χ4v) is 3.96. The molecule has 0 spiro atoms. The summed E-state index contributed by atoms with van der Waals surface area (Å²) in [5, 5.41) is 1.46. The number of carbonyl (C=O) groups is 1. The Hall–Kier alpha value is -1.85. The van der Waals surface area contributed by atoms with Crippen molar-refractivity contribution >= 4 is 18.0 Å². The van der Waals surface area contributed by atoms with E-state index in [0.29, 0.717) is 24.4 Å². The summed E-state index contributed by atoms with van der Waals surface area (Å²) in [6.45, 7) is 9.45. The molecule has 3 atom stereocenters. The second-order valence-corrected chi connectivity index (χ2v) is 7.09. The SMILES string of the molecule is CC.COC(=O)N1CC[C@H](c2nc3c(n2C(C)C)=CC2CC2C=3F)C1. The Kier molecular flexibility index (Phi) is 4.89. The normalized spacial score (nSPS) is 26.4. The lowest BCUT2D eigenvalue weighted by Gasteiger charge is -2.18. The molecule has 6 heteroatoms. The number of nitrogens with zero attached hydrogens (tertiary/aromatic N) is 3. The number of rotatable bonds is 2. The lowest BCUT2D eigenvalue weighted by Crippen LogP contribution is -2.35. The zero-order valence-electron chi connectivity index (χ0n) is 15.8. The van der Waals surface area contributed by atoms with Crippen LogP contribution in [-0.4, -0.2) is 40.7 Å². The first-order valence-electron chi connectivity index (χ1n) is 9.33. The van der Waals surface area contributed by atoms with E-state index in [1.54, 1.807) is 4.90 Å². The summed E-state index contributed by atoms with van der Waals surface area (Å²) in [7, 11) is 1.40. The summed E-state index contributed by atoms with van der Waals surface area (Å²) in [5.41, 5.74) is 0. The second-order valence-electron chi connectivity index (χ2n) is 7.09. The van der Waals surface area contributed by atoms with Crippen LogP contribution in [0.1, 0.15) is 58.3 Å². The van der Waals surface area contributed by atoms with E-state index in [2.05, 4.69) is 29.5 Å². The number of likely N-dealkylation sites (tertiary alicyclic amines) is 1. The first kappa shape index (κ1) is 18.0. The summed E-state index contributed by atoms with van der Waals surface area (Å²) >= 11 is 0. The van der Waals surface area contributed by atoms with Crippen molar-refractivity contribution in [2.24, 2.45) is 11.8 Å². The molecular weight excluding hydrogens is 321 g/mol. The van der Waals surface area contributed by atoms with Crippen molar-refractivity contribution in [3.63, 3.8) is 0 Å². The Balaban J connectivity index is 0.000000880. The number of aromatic nitrogens is 2. The molecule has 1 amide bonds. The smallest absolute Gasteiger partial charge is 0.409 e. The largest absolute Gasteiger partial charge is 0.453 e. The van der Waals surface area contributed by atoms with Crippen molar-refractivity contribution < 1.29 is 13.9 Å². The van der Waals surface area contributed by atoms with E-state index in [1.807, 2.05) is 13.8 Å². The molecule has 1 aromatic heterocycles. The van der Waals surface area contributed by atoms with Gasteiger partial charge in [-0.2, -0.15) is 0 Å². The zero-order valence-corrected chi connectivity index (χ0v) is 15.8. The van der Waals surface area contributed by atoms with Crippen LogP contribution in [-0.2, 0) is 4.74 Å². The minimum atomic E-state index is -0.300. The fourth-order valence-electron chi connectivity index (χ4n) is 3.96. The van der Waals surface area contributed by atoms with Crippen LogP contribution in [0.25, 0.3) is 11.9 Å². The fraction of sp³-hybridized carbons (Fsp3) is 0.684. The van der Waals surface area contributed by atoms with Crippen LogP contribution in [0.5, 0.6) is 0 Å². The molecule has 25 heavy (non-hydrogen) atoms. The molecular formula is C19H28FN3O2. The van der Waals surface area contributed by atoms with Gasteiger partial charge in [-0.3, -0.25) is 0 Å². The summed E-state index contributed by atoms with van der Waals surface area (Å²) < 4.78 is 21.5. The van der Waals surface area contributed by atoms with Gasteiger partial charge in [-0.1, -0.05) is 19.9 Å². The van der Waals surface area contributed by atoms with E-state index in [0.717, 1.165) is 24.0 Å². The topological polar surface area (TPSA) is 47.4 Å². The van der Waals surface area contributed by atoms with E-state index in [1.165, 1.54) is 7.11 Å². The lowest BCUT2D eigenvalue weighted by atomic mass is 10.1. The Morgan fingerprint density at radius 2 is 2.12 bits per heavy atom. The predicted octanol–water partition coefficient (Wildman–Crippen LogP) is 2.55. The van der Waals surface area contributed by atoms with E-state index >= 15 is 0 Å². The van der Waals surface area contributed by atoms with Gasteiger partial charge in [-0.15, -0.1) is 0 Å². The van der Waals surface area contributed by atoms with E-state index in [-0.39, 0.29) is 29.8 Å². The molecule has 138 valence electrons. The molecule has 2 heterocycles. The molecule has 1 aromatic rings. The Bertz CT molecular complexity index is 783. The van der Waals surface area contributed by atoms with Crippen LogP contribution in [0.15, 0.2) is 0 Å². The molecule has 0 N–H and O–H groups in total. The predicted molar refractivity (Wildman–Crippen MR) is 95.1 cm³/mol. The minimum Gasteiger partial charge on any atom is -0.453 e. The van der Waals surface area contributed by atoms with Crippen LogP contribution in [0.2, 0.25) is 0 Å². The van der Waals surface area contributed by atoms with Gasteiger partial charge in [0.1, 0.15) is 17.0 Å². The maximum Gasteiger partial charge on any atom is 0.409 e. The number of carbonyl (C=O) groups excluding carboxylic acids is 1. The summed E-state index contributed by atoms with van der Waals surface area (Å²) in [4.78, 5) is 18.1. The Morgan fingerprint density at radius 3 is 2.76 bits per heavy atom. The van der Waals surface area contributed by atoms with Gasteiger partial charge in [-0.25, -0.2) is 14.2 Å². The molecule has 2 aliphatic carbocycles. The maximum atomic E-state index is 14.6. The van der Waals surface area contributed by atoms with Crippen molar-refractivity contribution in [1.82, 2.24) is 14.5 Å². The van der Waals surface area contributed by atoms with Gasteiger partial charge < -0.3 is 14.2 Å². The molecule has 3 aliphatic rings. The third kappa shape index (κ3) is 2.96. The van der Waals surface area contributed by atoms with Crippen LogP contribution >= 0.6 is 0 Å². The third-order valence-electron chi connectivity index (χ3n) is 5.24. The van der Waals surface area contributed by atoms with Crippen molar-refractivity contribution in [3.8, 4) is 0 Å². The number of methoxy groups -OCH3 is 1. The summed E-state index contributed by atoms with van der Waals surface area (Å²) in [6, 6.07) is 0.216. The maximum absolute atomic E-state index is 14.6. The summed E-state index contributed by atoms with van der Waals surface area (Å²) in [6.07, 6.45) is 3.64. The molecule has 1 saturated carbocycles. The highest BCUT2D eigenvalue weighted by Crippen LogP contribution is 2.47. The number of ether oxygens (including phenoxy) is 1. The third-order valence-corrected chi connectivity index (χ3v) is 5.24. The molecule has 4 rings (SSSR count). The number of imidazole rings is 1. The van der Waals surface area contributed by atoms with Crippen molar-refractivity contribution in [2.45, 2.75) is 52.5 Å². The van der Waals surface area contributed by atoms with Gasteiger partial charge in [0, 0.05) is 31.0 Å². The van der Waals surface area contributed by atoms with E-state index < -0.39 is 0 Å². The van der Waals surface area contributed by atoms with Gasteiger partial charge in [0.2, 0.25) is 0 Å². The number of fused-ring (bicyclic) bond motifs is 2. The van der Waals surface area contributed by atoms with Crippen molar-refractivity contribution in [2.75, 3.05) is 20.2 Å². The number of halogens is 1. The van der Waals surface area contributed by atoms with Gasteiger partial charge in [-0.05, 0) is 32.6 Å². The van der Waals surface area contributed by atoms with E-state index in [4.69, 9.17) is 4.74 Å². The highest BCUT2D eigenvalue weighted by atomic mass is 19.1. The molecule has 0 bridgehead atoms. The first-order valence-corrected chi connectivity index (χ1v) is 9.33. The molecule has 0 radical (unpaired) electrons. The molecule has 5 nitrogen and oxygen atoms in total. The first-order chi connectivity index (χ1) is 12.0. The quantitative estimate of drug-likeness (QED) is 0.824. The molecule has 2 unspecified atom stereocenters. The van der Waals surface area contributed by atoms with Gasteiger partial charge in [0.15, 0.2) is 0 Å². The zero-order chi connectivity index (χ0) is 18.3. The average Bonchev–Trinajstić information content (AvgIpc) is 3.06. The molecule has 1 saturated heterocycles. The van der Waals surface area contributed by atoms with Crippen LogP contribution in [0, 0.1) is 11.8 Å². The van der Waals surface area contributed by atoms with Crippen molar-refractivity contribution in [1.29, 1.82) is 0 Å². The van der Waals surface area contributed by atoms with Gasteiger partial charge >= 0.3 is 6.09 Å². The lowest BCUT2D eigenvalue weighted by molar-refractivity contribution is 0.132. The molecule has 1 aliphatic heterocycles. The number of amides is 1. The Morgan fingerprint density at radius 1 is 1.40 bits per heavy atom. The van der Waals surface area contributed by atoms with Gasteiger partial charge in [0.25, 0.3) is 0 Å². The van der Waals surface area contributed by atoms with E-state index in [9.17, 15) is 9.18 Å². The highest BCUT2D eigenvalue weighted by Gasteiger charge is 2.43. The van der Waals surface area contributed by atoms with Crippen LogP contribution < -0.4 is 10.7 Å². The highest BCUT2D eigenvalue weighted by molar-refractivity contribution is 5.67. The minimum absolute atomic E-state index is 0.0454. The van der Waals surface area contributed by atoms with Crippen LogP contribution in [0.3, 0.4) is 0 Å². The van der Waals surface area contributed by atoms with Gasteiger partial charge in [0.05, 0.1) is 12.5 Å². The second kappa shape index (κ2) is 6.81. The average molecular weight is 349 g/mol.